The zero-order valence-corrected chi connectivity index (χ0v) is 14.7. The second kappa shape index (κ2) is 7.25. The van der Waals surface area contributed by atoms with Gasteiger partial charge in [0.25, 0.3) is 0 Å². The summed E-state index contributed by atoms with van der Waals surface area (Å²) in [4.78, 5) is 11.8. The third kappa shape index (κ3) is 4.40. The van der Waals surface area contributed by atoms with E-state index in [2.05, 4.69) is 0 Å². The number of benzene rings is 1. The van der Waals surface area contributed by atoms with E-state index < -0.39 is 16.0 Å². The van der Waals surface area contributed by atoms with Gasteiger partial charge in [0, 0.05) is 24.9 Å². The lowest BCUT2D eigenvalue weighted by Crippen LogP contribution is -2.26. The average Bonchev–Trinajstić information content (AvgIpc) is 2.90. The fraction of sp³-hybridized carbons (Fsp3) is 0.312. The molecule has 124 valence electrons. The Morgan fingerprint density at radius 2 is 1.87 bits per heavy atom. The van der Waals surface area contributed by atoms with E-state index in [1.165, 1.54) is 27.8 Å². The highest BCUT2D eigenvalue weighted by atomic mass is 32.2. The van der Waals surface area contributed by atoms with Crippen LogP contribution in [-0.4, -0.2) is 30.8 Å². The number of hydrogen-bond acceptors (Lipinski definition) is 4. The lowest BCUT2D eigenvalue weighted by atomic mass is 10.1. The van der Waals surface area contributed by atoms with Crippen LogP contribution in [0.1, 0.15) is 22.4 Å². The number of rotatable bonds is 7. The van der Waals surface area contributed by atoms with Crippen molar-refractivity contribution in [3.05, 3.63) is 51.7 Å². The number of carboxylic acid groups (broad SMARTS) is 1. The first-order chi connectivity index (χ1) is 10.8. The molecule has 5 nitrogen and oxygen atoms in total. The molecule has 2 aromatic rings. The highest BCUT2D eigenvalue weighted by Crippen LogP contribution is 2.22. The Balaban J connectivity index is 2.12. The molecule has 1 aromatic heterocycles. The third-order valence-corrected chi connectivity index (χ3v) is 6.42. The second-order valence-electron chi connectivity index (χ2n) is 5.33. The zero-order chi connectivity index (χ0) is 17.0. The first-order valence-electron chi connectivity index (χ1n) is 7.11. The van der Waals surface area contributed by atoms with Crippen LogP contribution < -0.4 is 0 Å². The van der Waals surface area contributed by atoms with E-state index in [1.54, 1.807) is 19.2 Å². The summed E-state index contributed by atoms with van der Waals surface area (Å²) in [6.07, 6.45) is 0.420. The maximum Gasteiger partial charge on any atom is 0.303 e. The fourth-order valence-electron chi connectivity index (χ4n) is 2.11. The molecular formula is C16H19NO4S2. The quantitative estimate of drug-likeness (QED) is 0.830. The molecule has 0 spiro atoms. The van der Waals surface area contributed by atoms with Crippen molar-refractivity contribution < 1.29 is 18.3 Å². The summed E-state index contributed by atoms with van der Waals surface area (Å²) < 4.78 is 26.5. The molecule has 0 unspecified atom stereocenters. The van der Waals surface area contributed by atoms with E-state index in [9.17, 15) is 13.2 Å². The Kier molecular flexibility index (Phi) is 5.56. The summed E-state index contributed by atoms with van der Waals surface area (Å²) >= 11 is 1.54. The molecular weight excluding hydrogens is 334 g/mol. The summed E-state index contributed by atoms with van der Waals surface area (Å²) in [5.74, 6) is -0.868. The van der Waals surface area contributed by atoms with Gasteiger partial charge in [-0.15, -0.1) is 11.3 Å². The Labute approximate surface area is 140 Å². The minimum atomic E-state index is -3.56. The molecule has 1 N–H and O–H groups in total. The highest BCUT2D eigenvalue weighted by molar-refractivity contribution is 7.89. The predicted molar refractivity (Wildman–Crippen MR) is 90.1 cm³/mol. The number of hydrogen-bond donors (Lipinski definition) is 1. The summed E-state index contributed by atoms with van der Waals surface area (Å²) in [5.41, 5.74) is 1.89. The van der Waals surface area contributed by atoms with Gasteiger partial charge in [-0.3, -0.25) is 4.79 Å². The van der Waals surface area contributed by atoms with Crippen molar-refractivity contribution in [3.8, 4) is 0 Å². The smallest absolute Gasteiger partial charge is 0.303 e. The molecule has 0 saturated heterocycles. The first kappa shape index (κ1) is 17.7. The molecule has 0 atom stereocenters. The van der Waals surface area contributed by atoms with Crippen molar-refractivity contribution in [2.75, 3.05) is 7.05 Å². The van der Waals surface area contributed by atoms with Gasteiger partial charge in [-0.05, 0) is 48.1 Å². The van der Waals surface area contributed by atoms with Gasteiger partial charge in [-0.1, -0.05) is 12.1 Å². The predicted octanol–water partition coefficient (Wildman–Crippen LogP) is 2.89. The maximum absolute atomic E-state index is 12.6. The summed E-state index contributed by atoms with van der Waals surface area (Å²) in [6, 6.07) is 8.37. The van der Waals surface area contributed by atoms with Crippen LogP contribution in [0.25, 0.3) is 0 Å². The molecule has 0 amide bonds. The molecule has 0 saturated carbocycles. The van der Waals surface area contributed by atoms with Crippen LogP contribution in [0.3, 0.4) is 0 Å². The van der Waals surface area contributed by atoms with Crippen LogP contribution >= 0.6 is 11.3 Å². The van der Waals surface area contributed by atoms with E-state index >= 15 is 0 Å². The van der Waals surface area contributed by atoms with Gasteiger partial charge in [0.2, 0.25) is 10.0 Å². The SMILES string of the molecule is Cc1ccsc1CN(C)S(=O)(=O)c1ccc(CCC(=O)O)cc1. The number of carbonyl (C=O) groups is 1. The van der Waals surface area contributed by atoms with E-state index in [0.29, 0.717) is 13.0 Å². The van der Waals surface area contributed by atoms with Crippen LogP contribution in [0.2, 0.25) is 0 Å². The fourth-order valence-corrected chi connectivity index (χ4v) is 4.29. The van der Waals surface area contributed by atoms with Crippen molar-refractivity contribution in [2.45, 2.75) is 31.2 Å². The Morgan fingerprint density at radius 3 is 2.39 bits per heavy atom. The lowest BCUT2D eigenvalue weighted by molar-refractivity contribution is -0.136. The third-order valence-electron chi connectivity index (χ3n) is 3.59. The number of nitrogens with zero attached hydrogens (tertiary/aromatic N) is 1. The molecule has 0 bridgehead atoms. The van der Waals surface area contributed by atoms with Gasteiger partial charge in [-0.25, -0.2) is 8.42 Å². The Morgan fingerprint density at radius 1 is 1.22 bits per heavy atom. The van der Waals surface area contributed by atoms with E-state index in [0.717, 1.165) is 16.0 Å². The van der Waals surface area contributed by atoms with Crippen molar-refractivity contribution >= 4 is 27.3 Å². The van der Waals surface area contributed by atoms with E-state index in [1.807, 2.05) is 18.4 Å². The van der Waals surface area contributed by atoms with Gasteiger partial charge in [0.05, 0.1) is 4.90 Å². The number of thiophene rings is 1. The van der Waals surface area contributed by atoms with Gasteiger partial charge in [-0.2, -0.15) is 4.31 Å². The minimum absolute atomic E-state index is 0.0314. The van der Waals surface area contributed by atoms with Gasteiger partial charge < -0.3 is 5.11 Å². The van der Waals surface area contributed by atoms with Gasteiger partial charge in [0.1, 0.15) is 0 Å². The standard InChI is InChI=1S/C16H19NO4S2/c1-12-9-10-22-15(12)11-17(2)23(20,21)14-6-3-13(4-7-14)5-8-16(18)19/h3-4,6-7,9-10H,5,8,11H2,1-2H3,(H,18,19). The number of sulfonamides is 1. The summed E-state index contributed by atoms with van der Waals surface area (Å²) in [6.45, 7) is 2.30. The maximum atomic E-state index is 12.6. The topological polar surface area (TPSA) is 74.7 Å². The molecule has 0 aliphatic heterocycles. The molecule has 0 fully saturated rings. The van der Waals surface area contributed by atoms with E-state index in [4.69, 9.17) is 5.11 Å². The van der Waals surface area contributed by atoms with Crippen LogP contribution in [0.5, 0.6) is 0 Å². The lowest BCUT2D eigenvalue weighted by Gasteiger charge is -2.17. The first-order valence-corrected chi connectivity index (χ1v) is 9.42. The monoisotopic (exact) mass is 353 g/mol. The second-order valence-corrected chi connectivity index (χ2v) is 8.37. The largest absolute Gasteiger partial charge is 0.481 e. The van der Waals surface area contributed by atoms with E-state index in [-0.39, 0.29) is 11.3 Å². The molecule has 23 heavy (non-hydrogen) atoms. The molecule has 2 rings (SSSR count). The van der Waals surface area contributed by atoms with Crippen molar-refractivity contribution in [2.24, 2.45) is 0 Å². The van der Waals surface area contributed by atoms with Crippen LogP contribution in [-0.2, 0) is 27.8 Å². The summed E-state index contributed by atoms with van der Waals surface area (Å²) in [7, 11) is -1.99. The Bertz CT molecular complexity index is 779. The number of carboxylic acids is 1. The van der Waals surface area contributed by atoms with Crippen LogP contribution in [0.4, 0.5) is 0 Å². The normalized spacial score (nSPS) is 11.8. The van der Waals surface area contributed by atoms with Crippen molar-refractivity contribution in [1.29, 1.82) is 0 Å². The molecule has 1 heterocycles. The highest BCUT2D eigenvalue weighted by Gasteiger charge is 2.21. The van der Waals surface area contributed by atoms with Crippen LogP contribution in [0.15, 0.2) is 40.6 Å². The van der Waals surface area contributed by atoms with Crippen LogP contribution in [0, 0.1) is 6.92 Å². The van der Waals surface area contributed by atoms with Crippen molar-refractivity contribution in [1.82, 2.24) is 4.31 Å². The molecule has 0 radical (unpaired) electrons. The summed E-state index contributed by atoms with van der Waals surface area (Å²) in [5, 5.41) is 10.6. The molecule has 7 heteroatoms. The number of aliphatic carboxylic acids is 1. The van der Waals surface area contributed by atoms with Gasteiger partial charge >= 0.3 is 5.97 Å². The molecule has 1 aromatic carbocycles. The van der Waals surface area contributed by atoms with Gasteiger partial charge in [0.15, 0.2) is 0 Å². The zero-order valence-electron chi connectivity index (χ0n) is 13.0. The minimum Gasteiger partial charge on any atom is -0.481 e. The van der Waals surface area contributed by atoms with Crippen molar-refractivity contribution in [3.63, 3.8) is 0 Å². The molecule has 0 aliphatic rings. The molecule has 0 aliphatic carbocycles. The average molecular weight is 353 g/mol. The number of aryl methyl sites for hydroxylation is 2. The Hall–Kier alpha value is -1.70.